The first kappa shape index (κ1) is 16.4. The lowest BCUT2D eigenvalue weighted by atomic mass is 9.89. The molecular formula is C16H28N4S. The van der Waals surface area contributed by atoms with E-state index in [9.17, 15) is 0 Å². The zero-order chi connectivity index (χ0) is 15.1. The van der Waals surface area contributed by atoms with E-state index >= 15 is 0 Å². The topological polar surface area (TPSA) is 41.4 Å². The second-order valence-electron chi connectivity index (χ2n) is 5.94. The van der Waals surface area contributed by atoms with E-state index < -0.39 is 0 Å². The van der Waals surface area contributed by atoms with Gasteiger partial charge in [-0.3, -0.25) is 4.99 Å². The third-order valence-electron chi connectivity index (χ3n) is 4.25. The molecule has 21 heavy (non-hydrogen) atoms. The fraction of sp³-hybridized carbons (Fsp3) is 0.812. The summed E-state index contributed by atoms with van der Waals surface area (Å²) in [5.41, 5.74) is 1.01. The summed E-state index contributed by atoms with van der Waals surface area (Å²) in [6.45, 7) is 9.47. The van der Waals surface area contributed by atoms with Gasteiger partial charge in [-0.15, -0.1) is 5.10 Å². The minimum atomic E-state index is 0.773. The summed E-state index contributed by atoms with van der Waals surface area (Å²) in [5.74, 6) is 1.90. The van der Waals surface area contributed by atoms with Gasteiger partial charge in [-0.1, -0.05) is 30.7 Å². The number of aliphatic imine (C=N–C) groups is 1. The fourth-order valence-corrected chi connectivity index (χ4v) is 3.71. The van der Waals surface area contributed by atoms with Gasteiger partial charge in [0.15, 0.2) is 0 Å². The molecule has 0 bridgehead atoms. The zero-order valence-electron chi connectivity index (χ0n) is 13.6. The SMILES string of the molecule is CCCN(CC)C(=NCC1CCCCC1)c1snnc1C. The van der Waals surface area contributed by atoms with Crippen molar-refractivity contribution >= 4 is 17.4 Å². The van der Waals surface area contributed by atoms with Crippen LogP contribution in [-0.2, 0) is 0 Å². The maximum Gasteiger partial charge on any atom is 0.144 e. The average molecular weight is 308 g/mol. The molecule has 5 heteroatoms. The van der Waals surface area contributed by atoms with Crippen LogP contribution in [0.4, 0.5) is 0 Å². The quantitative estimate of drug-likeness (QED) is 0.591. The number of aromatic nitrogens is 2. The van der Waals surface area contributed by atoms with E-state index in [1.54, 1.807) is 0 Å². The van der Waals surface area contributed by atoms with Crippen LogP contribution >= 0.6 is 11.5 Å². The van der Waals surface area contributed by atoms with Crippen LogP contribution in [0.25, 0.3) is 0 Å². The molecule has 4 nitrogen and oxygen atoms in total. The summed E-state index contributed by atoms with van der Waals surface area (Å²) in [6.07, 6.45) is 7.99. The van der Waals surface area contributed by atoms with Gasteiger partial charge in [0.1, 0.15) is 10.7 Å². The highest BCUT2D eigenvalue weighted by Gasteiger charge is 2.19. The van der Waals surface area contributed by atoms with E-state index in [0.717, 1.165) is 48.4 Å². The Morgan fingerprint density at radius 2 is 2.05 bits per heavy atom. The van der Waals surface area contributed by atoms with Crippen molar-refractivity contribution in [2.45, 2.75) is 59.3 Å². The summed E-state index contributed by atoms with van der Waals surface area (Å²) >= 11 is 1.48. The lowest BCUT2D eigenvalue weighted by Gasteiger charge is -2.25. The Labute approximate surface area is 132 Å². The molecule has 0 atom stereocenters. The van der Waals surface area contributed by atoms with Gasteiger partial charge in [-0.05, 0) is 50.6 Å². The molecule has 0 saturated heterocycles. The number of hydrogen-bond acceptors (Lipinski definition) is 4. The first-order valence-electron chi connectivity index (χ1n) is 8.35. The molecule has 1 heterocycles. The monoisotopic (exact) mass is 308 g/mol. The molecule has 1 aromatic heterocycles. The van der Waals surface area contributed by atoms with Gasteiger partial charge in [0.2, 0.25) is 0 Å². The Balaban J connectivity index is 2.16. The van der Waals surface area contributed by atoms with E-state index in [4.69, 9.17) is 4.99 Å². The highest BCUT2D eigenvalue weighted by Crippen LogP contribution is 2.24. The van der Waals surface area contributed by atoms with Gasteiger partial charge in [0, 0.05) is 19.6 Å². The molecule has 0 amide bonds. The molecular weight excluding hydrogens is 280 g/mol. The lowest BCUT2D eigenvalue weighted by Crippen LogP contribution is -2.33. The molecule has 1 fully saturated rings. The molecule has 0 aromatic carbocycles. The van der Waals surface area contributed by atoms with E-state index in [1.807, 2.05) is 6.92 Å². The van der Waals surface area contributed by atoms with Gasteiger partial charge >= 0.3 is 0 Å². The smallest absolute Gasteiger partial charge is 0.144 e. The van der Waals surface area contributed by atoms with Crippen molar-refractivity contribution in [2.24, 2.45) is 10.9 Å². The Bertz CT molecular complexity index is 449. The summed E-state index contributed by atoms with van der Waals surface area (Å²) in [5, 5.41) is 4.17. The summed E-state index contributed by atoms with van der Waals surface area (Å²) in [4.78, 5) is 8.55. The molecule has 1 aromatic rings. The van der Waals surface area contributed by atoms with Gasteiger partial charge in [-0.25, -0.2) is 0 Å². The highest BCUT2D eigenvalue weighted by atomic mass is 32.1. The summed E-state index contributed by atoms with van der Waals surface area (Å²) in [6, 6.07) is 0. The molecule has 1 aliphatic rings. The van der Waals surface area contributed by atoms with Gasteiger partial charge in [-0.2, -0.15) is 0 Å². The molecule has 0 aliphatic heterocycles. The van der Waals surface area contributed by atoms with Crippen LogP contribution in [-0.4, -0.2) is 40.0 Å². The molecule has 0 spiro atoms. The maximum atomic E-state index is 5.01. The minimum Gasteiger partial charge on any atom is -0.356 e. The van der Waals surface area contributed by atoms with E-state index in [-0.39, 0.29) is 0 Å². The first-order chi connectivity index (χ1) is 10.3. The number of aryl methyl sites for hydroxylation is 1. The first-order valence-corrected chi connectivity index (χ1v) is 9.12. The van der Waals surface area contributed by atoms with Crippen molar-refractivity contribution in [3.63, 3.8) is 0 Å². The normalized spacial score (nSPS) is 17.2. The van der Waals surface area contributed by atoms with Crippen molar-refractivity contribution in [3.8, 4) is 0 Å². The molecule has 118 valence electrons. The molecule has 1 aliphatic carbocycles. The maximum absolute atomic E-state index is 5.01. The van der Waals surface area contributed by atoms with Crippen LogP contribution in [0, 0.1) is 12.8 Å². The Morgan fingerprint density at radius 3 is 2.62 bits per heavy atom. The minimum absolute atomic E-state index is 0.773. The molecule has 2 rings (SSSR count). The van der Waals surface area contributed by atoms with Crippen molar-refractivity contribution < 1.29 is 0 Å². The second-order valence-corrected chi connectivity index (χ2v) is 6.69. The Morgan fingerprint density at radius 1 is 1.29 bits per heavy atom. The van der Waals surface area contributed by atoms with Crippen LogP contribution < -0.4 is 0 Å². The standard InChI is InChI=1S/C16H28N4S/c1-4-11-20(5-2)16(15-13(3)18-19-21-15)17-12-14-9-7-6-8-10-14/h14H,4-12H2,1-3H3. The van der Waals surface area contributed by atoms with Crippen LogP contribution in [0.15, 0.2) is 4.99 Å². The van der Waals surface area contributed by atoms with Crippen molar-refractivity contribution in [1.82, 2.24) is 14.5 Å². The van der Waals surface area contributed by atoms with Crippen LogP contribution in [0.1, 0.15) is 62.9 Å². The van der Waals surface area contributed by atoms with Crippen LogP contribution in [0.5, 0.6) is 0 Å². The van der Waals surface area contributed by atoms with Gasteiger partial charge in [0.05, 0.1) is 5.69 Å². The van der Waals surface area contributed by atoms with Crippen molar-refractivity contribution in [3.05, 3.63) is 10.6 Å². The van der Waals surface area contributed by atoms with Crippen molar-refractivity contribution in [2.75, 3.05) is 19.6 Å². The van der Waals surface area contributed by atoms with E-state index in [2.05, 4.69) is 28.3 Å². The Hall–Kier alpha value is -0.970. The molecule has 1 saturated carbocycles. The molecule has 0 radical (unpaired) electrons. The fourth-order valence-electron chi connectivity index (χ4n) is 3.02. The predicted octanol–water partition coefficient (Wildman–Crippen LogP) is 3.91. The Kier molecular flexibility index (Phi) is 6.61. The molecule has 0 unspecified atom stereocenters. The van der Waals surface area contributed by atoms with Gasteiger partial charge < -0.3 is 4.90 Å². The lowest BCUT2D eigenvalue weighted by molar-refractivity contribution is 0.363. The van der Waals surface area contributed by atoms with Gasteiger partial charge in [0.25, 0.3) is 0 Å². The predicted molar refractivity (Wildman–Crippen MR) is 90.2 cm³/mol. The number of amidine groups is 1. The number of nitrogens with zero attached hydrogens (tertiary/aromatic N) is 4. The summed E-state index contributed by atoms with van der Waals surface area (Å²) in [7, 11) is 0. The number of hydrogen-bond donors (Lipinski definition) is 0. The summed E-state index contributed by atoms with van der Waals surface area (Å²) < 4.78 is 4.10. The third kappa shape index (κ3) is 4.50. The second kappa shape index (κ2) is 8.47. The average Bonchev–Trinajstić information content (AvgIpc) is 2.93. The van der Waals surface area contributed by atoms with Crippen LogP contribution in [0.2, 0.25) is 0 Å². The third-order valence-corrected chi connectivity index (χ3v) is 5.08. The van der Waals surface area contributed by atoms with E-state index in [1.165, 1.54) is 43.6 Å². The van der Waals surface area contributed by atoms with Crippen molar-refractivity contribution in [1.29, 1.82) is 0 Å². The number of rotatable bonds is 6. The largest absolute Gasteiger partial charge is 0.356 e. The van der Waals surface area contributed by atoms with Crippen LogP contribution in [0.3, 0.4) is 0 Å². The zero-order valence-corrected chi connectivity index (χ0v) is 14.5. The van der Waals surface area contributed by atoms with E-state index in [0.29, 0.717) is 0 Å². The highest BCUT2D eigenvalue weighted by molar-refractivity contribution is 7.08. The molecule has 0 N–H and O–H groups in total.